The summed E-state index contributed by atoms with van der Waals surface area (Å²) in [4.78, 5) is 2.41. The molecule has 1 saturated heterocycles. The quantitative estimate of drug-likeness (QED) is 0.623. The van der Waals surface area contributed by atoms with E-state index in [2.05, 4.69) is 52.7 Å². The van der Waals surface area contributed by atoms with E-state index in [1.165, 1.54) is 48.0 Å². The van der Waals surface area contributed by atoms with Gasteiger partial charge in [-0.1, -0.05) is 6.07 Å². The summed E-state index contributed by atoms with van der Waals surface area (Å²) in [5, 5.41) is 1.38. The number of hydrogen-bond acceptors (Lipinski definition) is 2. The number of nitrogens with one attached hydrogen (secondary N) is 1. The smallest absolute Gasteiger partial charge is 0.231 e. The molecule has 0 radical (unpaired) electrons. The van der Waals surface area contributed by atoms with Gasteiger partial charge in [-0.15, -0.1) is 0 Å². The molecule has 1 fully saturated rings. The highest BCUT2D eigenvalue weighted by Gasteiger charge is 2.21. The summed E-state index contributed by atoms with van der Waals surface area (Å²) >= 11 is -1.91. The van der Waals surface area contributed by atoms with Crippen LogP contribution in [0.4, 0.5) is 0 Å². The van der Waals surface area contributed by atoms with Crippen LogP contribution in [0.25, 0.3) is 10.9 Å². The SMILES string of the molecule is CN1CCC(c2cn(C)c3ccc(CCCNS(=O)O)cc23)CC1. The van der Waals surface area contributed by atoms with Gasteiger partial charge in [-0.25, -0.2) is 8.93 Å². The molecule has 24 heavy (non-hydrogen) atoms. The molecule has 2 N–H and O–H groups in total. The van der Waals surface area contributed by atoms with Gasteiger partial charge in [0.25, 0.3) is 0 Å². The third kappa shape index (κ3) is 4.06. The van der Waals surface area contributed by atoms with Crippen molar-refractivity contribution < 1.29 is 8.76 Å². The Kier molecular flexibility index (Phi) is 5.71. The van der Waals surface area contributed by atoms with Crippen LogP contribution in [0, 0.1) is 0 Å². The second-order valence-corrected chi connectivity index (χ2v) is 7.66. The number of hydrogen-bond donors (Lipinski definition) is 2. The summed E-state index contributed by atoms with van der Waals surface area (Å²) in [5.41, 5.74) is 4.08. The number of likely N-dealkylation sites (tertiary alicyclic amines) is 1. The zero-order valence-electron chi connectivity index (χ0n) is 14.5. The first-order valence-corrected chi connectivity index (χ1v) is 9.76. The molecule has 1 aliphatic rings. The van der Waals surface area contributed by atoms with Crippen LogP contribution < -0.4 is 4.72 Å². The van der Waals surface area contributed by atoms with Crippen molar-refractivity contribution in [1.82, 2.24) is 14.2 Å². The average molecular weight is 350 g/mol. The lowest BCUT2D eigenvalue weighted by atomic mass is 9.89. The third-order valence-corrected chi connectivity index (χ3v) is 5.56. The highest BCUT2D eigenvalue weighted by atomic mass is 32.2. The van der Waals surface area contributed by atoms with Gasteiger partial charge in [0.1, 0.15) is 0 Å². The van der Waals surface area contributed by atoms with E-state index in [-0.39, 0.29) is 0 Å². The molecule has 1 aromatic heterocycles. The lowest BCUT2D eigenvalue weighted by molar-refractivity contribution is 0.256. The highest BCUT2D eigenvalue weighted by molar-refractivity contribution is 7.77. The number of aryl methyl sites for hydroxylation is 2. The van der Waals surface area contributed by atoms with Gasteiger partial charge in [0.2, 0.25) is 11.3 Å². The molecule has 6 heteroatoms. The zero-order valence-corrected chi connectivity index (χ0v) is 15.3. The number of aromatic nitrogens is 1. The van der Waals surface area contributed by atoms with Crippen LogP contribution >= 0.6 is 0 Å². The number of rotatable bonds is 6. The first kappa shape index (κ1) is 17.6. The van der Waals surface area contributed by atoms with Crippen LogP contribution in [-0.2, 0) is 24.7 Å². The average Bonchev–Trinajstić information content (AvgIpc) is 2.89. The van der Waals surface area contributed by atoms with Gasteiger partial charge in [-0.2, -0.15) is 0 Å². The summed E-state index contributed by atoms with van der Waals surface area (Å²) < 4.78 is 24.2. The largest absolute Gasteiger partial charge is 0.350 e. The van der Waals surface area contributed by atoms with E-state index >= 15 is 0 Å². The van der Waals surface area contributed by atoms with E-state index in [9.17, 15) is 4.21 Å². The topological polar surface area (TPSA) is 57.5 Å². The number of nitrogens with zero attached hydrogens (tertiary/aromatic N) is 2. The van der Waals surface area contributed by atoms with Crippen LogP contribution in [0.15, 0.2) is 24.4 Å². The number of fused-ring (bicyclic) bond motifs is 1. The molecular weight excluding hydrogens is 322 g/mol. The van der Waals surface area contributed by atoms with Crippen molar-refractivity contribution in [3.05, 3.63) is 35.5 Å². The van der Waals surface area contributed by atoms with Crippen LogP contribution in [0.2, 0.25) is 0 Å². The summed E-state index contributed by atoms with van der Waals surface area (Å²) in [5.74, 6) is 0.652. The van der Waals surface area contributed by atoms with E-state index in [1.54, 1.807) is 0 Å². The van der Waals surface area contributed by atoms with E-state index < -0.39 is 11.3 Å². The molecule has 0 spiro atoms. The molecule has 1 unspecified atom stereocenters. The minimum Gasteiger partial charge on any atom is -0.350 e. The van der Waals surface area contributed by atoms with Crippen molar-refractivity contribution in [3.8, 4) is 0 Å². The van der Waals surface area contributed by atoms with Crippen LogP contribution in [0.5, 0.6) is 0 Å². The molecule has 2 heterocycles. The third-order valence-electron chi connectivity index (χ3n) is 5.11. The Morgan fingerprint density at radius 2 is 2.04 bits per heavy atom. The molecule has 0 aliphatic carbocycles. The predicted molar refractivity (Wildman–Crippen MR) is 99.5 cm³/mol. The Morgan fingerprint density at radius 1 is 1.29 bits per heavy atom. The van der Waals surface area contributed by atoms with Gasteiger partial charge < -0.3 is 9.47 Å². The van der Waals surface area contributed by atoms with Gasteiger partial charge in [-0.3, -0.25) is 4.55 Å². The van der Waals surface area contributed by atoms with Gasteiger partial charge in [0.05, 0.1) is 0 Å². The molecule has 5 nitrogen and oxygen atoms in total. The van der Waals surface area contributed by atoms with Gasteiger partial charge in [0.15, 0.2) is 0 Å². The molecule has 1 aromatic carbocycles. The van der Waals surface area contributed by atoms with Crippen molar-refractivity contribution in [3.63, 3.8) is 0 Å². The molecule has 1 atom stereocenters. The van der Waals surface area contributed by atoms with Gasteiger partial charge in [-0.05, 0) is 75.0 Å². The molecule has 3 rings (SSSR count). The number of piperidine rings is 1. The molecule has 0 bridgehead atoms. The van der Waals surface area contributed by atoms with E-state index in [0.717, 1.165) is 12.8 Å². The van der Waals surface area contributed by atoms with Crippen molar-refractivity contribution in [2.75, 3.05) is 26.7 Å². The monoisotopic (exact) mass is 349 g/mol. The van der Waals surface area contributed by atoms with Crippen LogP contribution in [-0.4, -0.2) is 44.9 Å². The molecule has 132 valence electrons. The fraction of sp³-hybridized carbons (Fsp3) is 0.556. The second-order valence-electron chi connectivity index (χ2n) is 6.87. The second kappa shape index (κ2) is 7.78. The lowest BCUT2D eigenvalue weighted by Gasteiger charge is -2.28. The lowest BCUT2D eigenvalue weighted by Crippen LogP contribution is -2.29. The normalized spacial score (nSPS) is 18.3. The molecular formula is C18H27N3O2S. The summed E-state index contributed by atoms with van der Waals surface area (Å²) in [6, 6.07) is 6.70. The first-order valence-electron chi connectivity index (χ1n) is 8.65. The van der Waals surface area contributed by atoms with E-state index in [0.29, 0.717) is 12.5 Å². The van der Waals surface area contributed by atoms with E-state index in [1.807, 2.05) is 0 Å². The Hall–Kier alpha value is -1.21. The standard InChI is InChI=1S/C18H27N3O2S/c1-20-10-7-15(8-11-20)17-13-21(2)18-6-5-14(12-16(17)18)4-3-9-19-24(22)23/h5-6,12-13,15,19H,3-4,7-11H2,1-2H3,(H,22,23). The molecule has 0 amide bonds. The Balaban J connectivity index is 1.77. The Bertz CT molecular complexity index is 720. The van der Waals surface area contributed by atoms with Crippen molar-refractivity contribution in [2.24, 2.45) is 7.05 Å². The maximum absolute atomic E-state index is 10.6. The highest BCUT2D eigenvalue weighted by Crippen LogP contribution is 2.34. The summed E-state index contributed by atoms with van der Waals surface area (Å²) in [6.07, 6.45) is 6.54. The van der Waals surface area contributed by atoms with E-state index in [4.69, 9.17) is 4.55 Å². The molecule has 0 saturated carbocycles. The Labute approximate surface area is 146 Å². The predicted octanol–water partition coefficient (Wildman–Crippen LogP) is 2.65. The fourth-order valence-corrected chi connectivity index (χ4v) is 4.04. The van der Waals surface area contributed by atoms with Crippen LogP contribution in [0.1, 0.15) is 36.3 Å². The van der Waals surface area contributed by atoms with Crippen molar-refractivity contribution >= 4 is 22.2 Å². The van der Waals surface area contributed by atoms with Crippen LogP contribution in [0.3, 0.4) is 0 Å². The zero-order chi connectivity index (χ0) is 17.1. The fourth-order valence-electron chi connectivity index (χ4n) is 3.72. The first-order chi connectivity index (χ1) is 11.5. The van der Waals surface area contributed by atoms with Gasteiger partial charge in [0, 0.05) is 30.7 Å². The maximum Gasteiger partial charge on any atom is 0.231 e. The van der Waals surface area contributed by atoms with Gasteiger partial charge >= 0.3 is 0 Å². The molecule has 1 aliphatic heterocycles. The van der Waals surface area contributed by atoms with Crippen molar-refractivity contribution in [2.45, 2.75) is 31.6 Å². The summed E-state index contributed by atoms with van der Waals surface area (Å²) in [6.45, 7) is 2.90. The minimum atomic E-state index is -1.91. The Morgan fingerprint density at radius 3 is 2.75 bits per heavy atom. The number of benzene rings is 1. The molecule has 2 aromatic rings. The minimum absolute atomic E-state index is 0.553. The summed E-state index contributed by atoms with van der Waals surface area (Å²) in [7, 11) is 4.33. The maximum atomic E-state index is 10.6. The van der Waals surface area contributed by atoms with Crippen molar-refractivity contribution in [1.29, 1.82) is 0 Å².